The van der Waals surface area contributed by atoms with Crippen LogP contribution in [0.2, 0.25) is 0 Å². The molecule has 0 unspecified atom stereocenters. The molecule has 74 valence electrons. The number of rotatable bonds is 3. The first-order chi connectivity index (χ1) is 6.65. The molecule has 1 aromatic rings. The second-order valence-corrected chi connectivity index (χ2v) is 4.04. The van der Waals surface area contributed by atoms with Crippen LogP contribution in [-0.2, 0) is 6.42 Å². The maximum absolute atomic E-state index is 11.8. The van der Waals surface area contributed by atoms with E-state index in [-0.39, 0.29) is 5.78 Å². The number of carbonyl (C=O) groups excluding carboxylic acids is 1. The molecular formula is C12H15NO. The number of ketones is 1. The average molecular weight is 189 g/mol. The molecule has 0 saturated heterocycles. The lowest BCUT2D eigenvalue weighted by Gasteiger charge is -2.07. The summed E-state index contributed by atoms with van der Waals surface area (Å²) in [4.78, 5) is 11.8. The number of hydrogen-bond acceptors (Lipinski definition) is 2. The molecule has 1 aliphatic rings. The fourth-order valence-electron chi connectivity index (χ4n) is 1.54. The van der Waals surface area contributed by atoms with Crippen LogP contribution < -0.4 is 5.73 Å². The predicted molar refractivity (Wildman–Crippen MR) is 56.3 cm³/mol. The van der Waals surface area contributed by atoms with E-state index in [1.54, 1.807) is 0 Å². The number of nitrogens with two attached hydrogens (primary N) is 1. The minimum atomic E-state index is -0.534. The molecule has 2 nitrogen and oxygen atoms in total. The largest absolute Gasteiger partial charge is 0.319 e. The monoisotopic (exact) mass is 189 g/mol. The lowest BCUT2D eigenvalue weighted by atomic mass is 10.0. The number of carbonyl (C=O) groups is 1. The highest BCUT2D eigenvalue weighted by Gasteiger charge is 2.45. The van der Waals surface area contributed by atoms with Crippen molar-refractivity contribution in [1.82, 2.24) is 0 Å². The van der Waals surface area contributed by atoms with Crippen molar-refractivity contribution in [2.45, 2.75) is 31.7 Å². The fraction of sp³-hybridized carbons (Fsp3) is 0.417. The summed E-state index contributed by atoms with van der Waals surface area (Å²) < 4.78 is 0. The molecule has 14 heavy (non-hydrogen) atoms. The van der Waals surface area contributed by atoms with Gasteiger partial charge in [0.15, 0.2) is 5.78 Å². The van der Waals surface area contributed by atoms with E-state index in [1.165, 1.54) is 5.56 Å². The second kappa shape index (κ2) is 3.21. The van der Waals surface area contributed by atoms with Crippen molar-refractivity contribution in [3.05, 3.63) is 35.4 Å². The van der Waals surface area contributed by atoms with Crippen molar-refractivity contribution in [2.24, 2.45) is 5.73 Å². The van der Waals surface area contributed by atoms with E-state index in [1.807, 2.05) is 24.3 Å². The van der Waals surface area contributed by atoms with E-state index in [4.69, 9.17) is 5.73 Å². The number of Topliss-reactive ketones (excluding diaryl/α,β-unsaturated/α-hetero) is 1. The Morgan fingerprint density at radius 2 is 1.93 bits per heavy atom. The number of hydrogen-bond donors (Lipinski definition) is 1. The van der Waals surface area contributed by atoms with Crippen molar-refractivity contribution in [3.63, 3.8) is 0 Å². The summed E-state index contributed by atoms with van der Waals surface area (Å²) in [6.07, 6.45) is 2.67. The molecule has 0 amide bonds. The van der Waals surface area contributed by atoms with Gasteiger partial charge in [-0.3, -0.25) is 4.79 Å². The van der Waals surface area contributed by atoms with Gasteiger partial charge in [0.05, 0.1) is 5.54 Å². The predicted octanol–water partition coefficient (Wildman–Crippen LogP) is 1.92. The second-order valence-electron chi connectivity index (χ2n) is 4.04. The summed E-state index contributed by atoms with van der Waals surface area (Å²) in [5.41, 5.74) is 7.31. The minimum absolute atomic E-state index is 0.0974. The SMILES string of the molecule is CCc1ccc(C(=O)C2(N)CC2)cc1. The minimum Gasteiger partial charge on any atom is -0.319 e. The smallest absolute Gasteiger partial charge is 0.182 e. The Bertz CT molecular complexity index is 349. The lowest BCUT2D eigenvalue weighted by Crippen LogP contribution is -2.32. The van der Waals surface area contributed by atoms with Crippen LogP contribution in [0.1, 0.15) is 35.7 Å². The third kappa shape index (κ3) is 1.58. The molecule has 0 radical (unpaired) electrons. The summed E-state index contributed by atoms with van der Waals surface area (Å²) in [7, 11) is 0. The fourth-order valence-corrected chi connectivity index (χ4v) is 1.54. The van der Waals surface area contributed by atoms with Gasteiger partial charge < -0.3 is 5.73 Å². The zero-order chi connectivity index (χ0) is 10.2. The van der Waals surface area contributed by atoms with E-state index >= 15 is 0 Å². The molecule has 0 aliphatic heterocycles. The third-order valence-electron chi connectivity index (χ3n) is 2.87. The van der Waals surface area contributed by atoms with E-state index in [9.17, 15) is 4.79 Å². The Morgan fingerprint density at radius 1 is 1.36 bits per heavy atom. The van der Waals surface area contributed by atoms with Gasteiger partial charge in [0.25, 0.3) is 0 Å². The first-order valence-corrected chi connectivity index (χ1v) is 5.08. The molecular weight excluding hydrogens is 174 g/mol. The van der Waals surface area contributed by atoms with Gasteiger partial charge in [-0.05, 0) is 24.8 Å². The summed E-state index contributed by atoms with van der Waals surface area (Å²) in [5, 5.41) is 0. The zero-order valence-corrected chi connectivity index (χ0v) is 8.42. The molecule has 0 heterocycles. The first kappa shape index (κ1) is 9.41. The lowest BCUT2D eigenvalue weighted by molar-refractivity contribution is 0.0949. The Kier molecular flexibility index (Phi) is 2.16. The Hall–Kier alpha value is -1.15. The first-order valence-electron chi connectivity index (χ1n) is 5.08. The topological polar surface area (TPSA) is 43.1 Å². The van der Waals surface area contributed by atoms with Crippen LogP contribution in [0.15, 0.2) is 24.3 Å². The molecule has 0 bridgehead atoms. The highest BCUT2D eigenvalue weighted by Crippen LogP contribution is 2.35. The Balaban J connectivity index is 2.20. The van der Waals surface area contributed by atoms with E-state index in [0.29, 0.717) is 0 Å². The van der Waals surface area contributed by atoms with Crippen molar-refractivity contribution in [1.29, 1.82) is 0 Å². The third-order valence-corrected chi connectivity index (χ3v) is 2.87. The number of aryl methyl sites for hydroxylation is 1. The van der Waals surface area contributed by atoms with E-state index in [0.717, 1.165) is 24.8 Å². The molecule has 1 fully saturated rings. The van der Waals surface area contributed by atoms with Crippen molar-refractivity contribution < 1.29 is 4.79 Å². The van der Waals surface area contributed by atoms with Gasteiger partial charge in [-0.15, -0.1) is 0 Å². The van der Waals surface area contributed by atoms with Crippen LogP contribution in [0.25, 0.3) is 0 Å². The van der Waals surface area contributed by atoms with E-state index in [2.05, 4.69) is 6.92 Å². The van der Waals surface area contributed by atoms with Gasteiger partial charge in [0, 0.05) is 5.56 Å². The van der Waals surface area contributed by atoms with E-state index < -0.39 is 5.54 Å². The molecule has 1 aromatic carbocycles. The van der Waals surface area contributed by atoms with Gasteiger partial charge >= 0.3 is 0 Å². The normalized spacial score (nSPS) is 17.9. The molecule has 1 aliphatic carbocycles. The van der Waals surface area contributed by atoms with Gasteiger partial charge in [0.2, 0.25) is 0 Å². The standard InChI is InChI=1S/C12H15NO/c1-2-9-3-5-10(6-4-9)11(14)12(13)7-8-12/h3-6H,2,7-8,13H2,1H3. The van der Waals surface area contributed by atoms with Gasteiger partial charge in [-0.25, -0.2) is 0 Å². The van der Waals surface area contributed by atoms with Gasteiger partial charge in [-0.1, -0.05) is 31.2 Å². The molecule has 0 spiro atoms. The van der Waals surface area contributed by atoms with Gasteiger partial charge in [0.1, 0.15) is 0 Å². The molecule has 1 saturated carbocycles. The summed E-state index contributed by atoms with van der Waals surface area (Å²) >= 11 is 0. The Labute approximate surface area is 84.1 Å². The molecule has 0 aromatic heterocycles. The Morgan fingerprint density at radius 3 is 2.36 bits per heavy atom. The quantitative estimate of drug-likeness (QED) is 0.738. The van der Waals surface area contributed by atoms with Gasteiger partial charge in [-0.2, -0.15) is 0 Å². The number of benzene rings is 1. The van der Waals surface area contributed by atoms with Crippen LogP contribution >= 0.6 is 0 Å². The highest BCUT2D eigenvalue weighted by molar-refractivity contribution is 6.05. The molecule has 0 atom stereocenters. The summed E-state index contributed by atoms with van der Waals surface area (Å²) in [5.74, 6) is 0.0974. The molecule has 2 rings (SSSR count). The van der Waals surface area contributed by atoms with Crippen molar-refractivity contribution >= 4 is 5.78 Å². The summed E-state index contributed by atoms with van der Waals surface area (Å²) in [6, 6.07) is 7.76. The maximum Gasteiger partial charge on any atom is 0.182 e. The maximum atomic E-state index is 11.8. The van der Waals surface area contributed by atoms with Crippen molar-refractivity contribution in [2.75, 3.05) is 0 Å². The van der Waals surface area contributed by atoms with Crippen LogP contribution in [0.4, 0.5) is 0 Å². The summed E-state index contributed by atoms with van der Waals surface area (Å²) in [6.45, 7) is 2.10. The zero-order valence-electron chi connectivity index (χ0n) is 8.42. The average Bonchev–Trinajstić information content (AvgIpc) is 2.97. The molecule has 2 heteroatoms. The van der Waals surface area contributed by atoms with Crippen LogP contribution in [0.3, 0.4) is 0 Å². The molecule has 2 N–H and O–H groups in total. The van der Waals surface area contributed by atoms with Crippen LogP contribution in [-0.4, -0.2) is 11.3 Å². The highest BCUT2D eigenvalue weighted by atomic mass is 16.1. The van der Waals surface area contributed by atoms with Crippen molar-refractivity contribution in [3.8, 4) is 0 Å². The van der Waals surface area contributed by atoms with Crippen LogP contribution in [0.5, 0.6) is 0 Å². The van der Waals surface area contributed by atoms with Crippen LogP contribution in [0, 0.1) is 0 Å².